The van der Waals surface area contributed by atoms with Gasteiger partial charge < -0.3 is 19.7 Å². The van der Waals surface area contributed by atoms with E-state index in [1.807, 2.05) is 0 Å². The molecule has 0 aromatic heterocycles. The molecule has 20 heavy (non-hydrogen) atoms. The lowest BCUT2D eigenvalue weighted by atomic mass is 10.2. The number of nitrogens with zero attached hydrogens (tertiary/aromatic N) is 1. The van der Waals surface area contributed by atoms with E-state index in [2.05, 4.69) is 5.32 Å². The molecule has 0 aliphatic carbocycles. The molecule has 1 aliphatic heterocycles. The van der Waals surface area contributed by atoms with Crippen molar-refractivity contribution in [1.29, 1.82) is 0 Å². The molecule has 5 nitrogen and oxygen atoms in total. The van der Waals surface area contributed by atoms with Crippen LogP contribution in [0.5, 0.6) is 5.75 Å². The van der Waals surface area contributed by atoms with Gasteiger partial charge in [-0.15, -0.1) is 0 Å². The van der Waals surface area contributed by atoms with Crippen LogP contribution in [0.1, 0.15) is 12.8 Å². The third-order valence-corrected chi connectivity index (χ3v) is 3.55. The number of hydrogen-bond acceptors (Lipinski definition) is 3. The van der Waals surface area contributed by atoms with Crippen molar-refractivity contribution in [2.75, 3.05) is 32.6 Å². The molecule has 0 bridgehead atoms. The summed E-state index contributed by atoms with van der Waals surface area (Å²) in [5.41, 5.74) is 0.639. The molecule has 1 heterocycles. The lowest BCUT2D eigenvalue weighted by Gasteiger charge is -2.21. The molecule has 2 amide bonds. The minimum absolute atomic E-state index is 0.144. The standard InChI is InChI=1S/C14H19ClN2O3/c1-17(9-11-4-3-7-20-11)14(18)16-10-5-6-13(19-2)12(15)8-10/h5-6,8,11H,3-4,7,9H2,1-2H3,(H,16,18)/t11-/m0/s1. The second kappa shape index (κ2) is 6.81. The predicted molar refractivity (Wildman–Crippen MR) is 78.6 cm³/mol. The Morgan fingerprint density at radius 1 is 1.60 bits per heavy atom. The number of carbonyl (C=O) groups is 1. The molecule has 110 valence electrons. The average molecular weight is 299 g/mol. The van der Waals surface area contributed by atoms with Gasteiger partial charge >= 0.3 is 6.03 Å². The van der Waals surface area contributed by atoms with Gasteiger partial charge in [0, 0.05) is 25.9 Å². The van der Waals surface area contributed by atoms with Crippen molar-refractivity contribution in [1.82, 2.24) is 4.90 Å². The number of ether oxygens (including phenoxy) is 2. The molecular formula is C14H19ClN2O3. The summed E-state index contributed by atoms with van der Waals surface area (Å²) in [5, 5.41) is 3.26. The van der Waals surface area contributed by atoms with Gasteiger partial charge in [-0.3, -0.25) is 0 Å². The van der Waals surface area contributed by atoms with Crippen LogP contribution in [0.25, 0.3) is 0 Å². The fraction of sp³-hybridized carbons (Fsp3) is 0.500. The lowest BCUT2D eigenvalue weighted by molar-refractivity contribution is 0.0894. The quantitative estimate of drug-likeness (QED) is 0.929. The van der Waals surface area contributed by atoms with Crippen LogP contribution in [0.2, 0.25) is 5.02 Å². The summed E-state index contributed by atoms with van der Waals surface area (Å²) < 4.78 is 10.6. The highest BCUT2D eigenvalue weighted by Gasteiger charge is 2.20. The number of nitrogens with one attached hydrogen (secondary N) is 1. The molecule has 2 rings (SSSR count). The summed E-state index contributed by atoms with van der Waals surface area (Å²) >= 11 is 6.02. The summed E-state index contributed by atoms with van der Waals surface area (Å²) in [6.45, 7) is 1.38. The first-order valence-corrected chi connectivity index (χ1v) is 6.95. The van der Waals surface area contributed by atoms with Crippen LogP contribution < -0.4 is 10.1 Å². The highest BCUT2D eigenvalue weighted by molar-refractivity contribution is 6.32. The maximum Gasteiger partial charge on any atom is 0.321 e. The zero-order chi connectivity index (χ0) is 14.5. The summed E-state index contributed by atoms with van der Waals surface area (Å²) in [4.78, 5) is 13.7. The summed E-state index contributed by atoms with van der Waals surface area (Å²) in [7, 11) is 3.30. The number of anilines is 1. The van der Waals surface area contributed by atoms with Crippen molar-refractivity contribution in [3.63, 3.8) is 0 Å². The van der Waals surface area contributed by atoms with Crippen LogP contribution in [-0.2, 0) is 4.74 Å². The van der Waals surface area contributed by atoms with Crippen molar-refractivity contribution in [3.05, 3.63) is 23.2 Å². The maximum atomic E-state index is 12.1. The Bertz CT molecular complexity index is 475. The molecule has 0 radical (unpaired) electrons. The first-order chi connectivity index (χ1) is 9.60. The largest absolute Gasteiger partial charge is 0.495 e. The van der Waals surface area contributed by atoms with E-state index < -0.39 is 0 Å². The molecule has 6 heteroatoms. The Labute approximate surface area is 123 Å². The SMILES string of the molecule is COc1ccc(NC(=O)N(C)C[C@@H]2CCCO2)cc1Cl. The van der Waals surface area contributed by atoms with Gasteiger partial charge in [-0.05, 0) is 31.0 Å². The molecule has 1 aromatic rings. The zero-order valence-electron chi connectivity index (χ0n) is 11.7. The second-order valence-electron chi connectivity index (χ2n) is 4.80. The number of methoxy groups -OCH3 is 1. The van der Waals surface area contributed by atoms with E-state index in [9.17, 15) is 4.79 Å². The second-order valence-corrected chi connectivity index (χ2v) is 5.20. The molecule has 1 fully saturated rings. The molecule has 1 saturated heterocycles. The maximum absolute atomic E-state index is 12.1. The number of rotatable bonds is 4. The van der Waals surface area contributed by atoms with Gasteiger partial charge in [-0.2, -0.15) is 0 Å². The summed E-state index contributed by atoms with van der Waals surface area (Å²) in [5.74, 6) is 0.581. The van der Waals surface area contributed by atoms with E-state index in [4.69, 9.17) is 21.1 Å². The number of amides is 2. The van der Waals surface area contributed by atoms with Gasteiger partial charge in [0.1, 0.15) is 5.75 Å². The number of benzene rings is 1. The average Bonchev–Trinajstić information content (AvgIpc) is 2.91. The Balaban J connectivity index is 1.91. The predicted octanol–water partition coefficient (Wildman–Crippen LogP) is 2.99. The van der Waals surface area contributed by atoms with Crippen LogP contribution in [-0.4, -0.2) is 44.3 Å². The van der Waals surface area contributed by atoms with E-state index in [1.165, 1.54) is 0 Å². The molecule has 1 N–H and O–H groups in total. The molecule has 0 spiro atoms. The van der Waals surface area contributed by atoms with Crippen LogP contribution >= 0.6 is 11.6 Å². The highest BCUT2D eigenvalue weighted by Crippen LogP contribution is 2.27. The van der Waals surface area contributed by atoms with E-state index in [1.54, 1.807) is 37.3 Å². The molecule has 1 atom stereocenters. The highest BCUT2D eigenvalue weighted by atomic mass is 35.5. The summed E-state index contributed by atoms with van der Waals surface area (Å²) in [6, 6.07) is 4.96. The smallest absolute Gasteiger partial charge is 0.321 e. The van der Waals surface area contributed by atoms with Gasteiger partial charge in [0.15, 0.2) is 0 Å². The van der Waals surface area contributed by atoms with Gasteiger partial charge in [0.05, 0.1) is 18.2 Å². The van der Waals surface area contributed by atoms with Crippen LogP contribution in [0.15, 0.2) is 18.2 Å². The van der Waals surface area contributed by atoms with Crippen molar-refractivity contribution in [3.8, 4) is 5.75 Å². The van der Waals surface area contributed by atoms with E-state index in [0.29, 0.717) is 23.0 Å². The number of likely N-dealkylation sites (N-methyl/N-ethyl adjacent to an activating group) is 1. The molecular weight excluding hydrogens is 280 g/mol. The Morgan fingerprint density at radius 3 is 3.00 bits per heavy atom. The Morgan fingerprint density at radius 2 is 2.40 bits per heavy atom. The lowest BCUT2D eigenvalue weighted by Crippen LogP contribution is -2.37. The van der Waals surface area contributed by atoms with E-state index in [0.717, 1.165) is 19.4 Å². The minimum atomic E-state index is -0.179. The van der Waals surface area contributed by atoms with Gasteiger partial charge in [0.25, 0.3) is 0 Å². The van der Waals surface area contributed by atoms with Crippen LogP contribution in [0, 0.1) is 0 Å². The fourth-order valence-corrected chi connectivity index (χ4v) is 2.40. The third-order valence-electron chi connectivity index (χ3n) is 3.25. The number of urea groups is 1. The first kappa shape index (κ1) is 14.9. The molecule has 1 aromatic carbocycles. The van der Waals surface area contributed by atoms with Crippen molar-refractivity contribution in [2.45, 2.75) is 18.9 Å². The Hall–Kier alpha value is -1.46. The van der Waals surface area contributed by atoms with Crippen molar-refractivity contribution >= 4 is 23.3 Å². The van der Waals surface area contributed by atoms with Crippen LogP contribution in [0.4, 0.5) is 10.5 Å². The van der Waals surface area contributed by atoms with Gasteiger partial charge in [0.2, 0.25) is 0 Å². The third kappa shape index (κ3) is 3.77. The van der Waals surface area contributed by atoms with Crippen LogP contribution in [0.3, 0.4) is 0 Å². The molecule has 0 saturated carbocycles. The molecule has 1 aliphatic rings. The topological polar surface area (TPSA) is 50.8 Å². The van der Waals surface area contributed by atoms with Gasteiger partial charge in [-0.25, -0.2) is 4.79 Å². The minimum Gasteiger partial charge on any atom is -0.495 e. The first-order valence-electron chi connectivity index (χ1n) is 6.57. The Kier molecular flexibility index (Phi) is 5.09. The van der Waals surface area contributed by atoms with Crippen molar-refractivity contribution < 1.29 is 14.3 Å². The van der Waals surface area contributed by atoms with Crippen molar-refractivity contribution in [2.24, 2.45) is 0 Å². The fourth-order valence-electron chi connectivity index (χ4n) is 2.14. The van der Waals surface area contributed by atoms with E-state index >= 15 is 0 Å². The monoisotopic (exact) mass is 298 g/mol. The number of hydrogen-bond donors (Lipinski definition) is 1. The number of carbonyl (C=O) groups excluding carboxylic acids is 1. The van der Waals surface area contributed by atoms with E-state index in [-0.39, 0.29) is 12.1 Å². The van der Waals surface area contributed by atoms with Gasteiger partial charge in [-0.1, -0.05) is 11.6 Å². The summed E-state index contributed by atoms with van der Waals surface area (Å²) in [6.07, 6.45) is 2.21. The molecule has 0 unspecified atom stereocenters. The number of halogens is 1. The normalized spacial score (nSPS) is 17.9. The zero-order valence-corrected chi connectivity index (χ0v) is 12.4.